The first-order valence-corrected chi connectivity index (χ1v) is 9.32. The summed E-state index contributed by atoms with van der Waals surface area (Å²) < 4.78 is 50.5. The van der Waals surface area contributed by atoms with Crippen LogP contribution in [0.1, 0.15) is 24.2 Å². The lowest BCUT2D eigenvalue weighted by Crippen LogP contribution is -2.37. The SMILES string of the molecule is CCOc1cc(C2CN(C=O)CCO2)ccc1Nc1ncc(C(F)(F)F)c(NC)n1. The van der Waals surface area contributed by atoms with E-state index in [-0.39, 0.29) is 17.9 Å². The molecule has 1 aliphatic heterocycles. The van der Waals surface area contributed by atoms with Crippen LogP contribution in [0.3, 0.4) is 0 Å². The molecule has 0 bridgehead atoms. The van der Waals surface area contributed by atoms with Gasteiger partial charge in [-0.25, -0.2) is 4.98 Å². The standard InChI is InChI=1S/C19H22F3N5O3/c1-3-29-15-8-12(16-10-27(11-28)6-7-30-16)4-5-14(15)25-18-24-9-13(19(20,21)22)17(23-2)26-18/h4-5,8-9,11,16H,3,6-7,10H2,1-2H3,(H2,23,24,25,26). The monoisotopic (exact) mass is 425 g/mol. The van der Waals surface area contributed by atoms with Crippen LogP contribution >= 0.6 is 0 Å². The number of hydrogen-bond acceptors (Lipinski definition) is 7. The Morgan fingerprint density at radius 2 is 2.20 bits per heavy atom. The Morgan fingerprint density at radius 3 is 2.87 bits per heavy atom. The molecule has 1 fully saturated rings. The first-order chi connectivity index (χ1) is 14.4. The molecule has 0 saturated carbocycles. The van der Waals surface area contributed by atoms with Crippen molar-refractivity contribution in [2.45, 2.75) is 19.2 Å². The summed E-state index contributed by atoms with van der Waals surface area (Å²) in [4.78, 5) is 20.4. The van der Waals surface area contributed by atoms with Gasteiger partial charge >= 0.3 is 6.18 Å². The van der Waals surface area contributed by atoms with Crippen molar-refractivity contribution in [2.75, 3.05) is 44.0 Å². The molecule has 0 radical (unpaired) electrons. The number of alkyl halides is 3. The number of nitrogens with zero attached hydrogens (tertiary/aromatic N) is 3. The molecule has 1 atom stereocenters. The topological polar surface area (TPSA) is 88.6 Å². The van der Waals surface area contributed by atoms with Crippen LogP contribution < -0.4 is 15.4 Å². The van der Waals surface area contributed by atoms with Crippen LogP contribution in [0.2, 0.25) is 0 Å². The van der Waals surface area contributed by atoms with E-state index in [1.165, 1.54) is 7.05 Å². The van der Waals surface area contributed by atoms with Gasteiger partial charge in [-0.15, -0.1) is 0 Å². The van der Waals surface area contributed by atoms with Crippen molar-refractivity contribution in [3.05, 3.63) is 35.5 Å². The second kappa shape index (κ2) is 9.16. The van der Waals surface area contributed by atoms with Crippen LogP contribution in [0.25, 0.3) is 0 Å². The van der Waals surface area contributed by atoms with Gasteiger partial charge in [0.2, 0.25) is 12.4 Å². The maximum absolute atomic E-state index is 13.0. The van der Waals surface area contributed by atoms with Crippen molar-refractivity contribution < 1.29 is 27.4 Å². The van der Waals surface area contributed by atoms with E-state index in [9.17, 15) is 18.0 Å². The number of halogens is 3. The molecular formula is C19H22F3N5O3. The van der Waals surface area contributed by atoms with Gasteiger partial charge in [-0.05, 0) is 24.6 Å². The van der Waals surface area contributed by atoms with Gasteiger partial charge in [-0.3, -0.25) is 4.79 Å². The van der Waals surface area contributed by atoms with Crippen molar-refractivity contribution >= 4 is 23.9 Å². The molecule has 30 heavy (non-hydrogen) atoms. The number of hydrogen-bond donors (Lipinski definition) is 2. The van der Waals surface area contributed by atoms with Gasteiger partial charge < -0.3 is 25.0 Å². The molecule has 2 aromatic rings. The molecule has 3 rings (SSSR count). The van der Waals surface area contributed by atoms with Gasteiger partial charge in [0.15, 0.2) is 0 Å². The van der Waals surface area contributed by atoms with Crippen LogP contribution in [0, 0.1) is 0 Å². The number of aromatic nitrogens is 2. The quantitative estimate of drug-likeness (QED) is 0.659. The molecule has 162 valence electrons. The number of morpholine rings is 1. The smallest absolute Gasteiger partial charge is 0.421 e. The van der Waals surface area contributed by atoms with Gasteiger partial charge in [-0.2, -0.15) is 18.2 Å². The van der Waals surface area contributed by atoms with Crippen LogP contribution in [-0.2, 0) is 15.7 Å². The summed E-state index contributed by atoms with van der Waals surface area (Å²) >= 11 is 0. The minimum absolute atomic E-state index is 0.0119. The van der Waals surface area contributed by atoms with Crippen LogP contribution in [0.5, 0.6) is 5.75 Å². The minimum Gasteiger partial charge on any atom is -0.492 e. The Bertz CT molecular complexity index is 894. The predicted octanol–water partition coefficient (Wildman–Crippen LogP) is 3.21. The minimum atomic E-state index is -4.57. The van der Waals surface area contributed by atoms with Crippen molar-refractivity contribution in [3.8, 4) is 5.75 Å². The molecule has 1 unspecified atom stereocenters. The van der Waals surface area contributed by atoms with Crippen LogP contribution in [0.4, 0.5) is 30.6 Å². The predicted molar refractivity (Wildman–Crippen MR) is 104 cm³/mol. The van der Waals surface area contributed by atoms with E-state index in [4.69, 9.17) is 9.47 Å². The number of rotatable bonds is 7. The number of carbonyl (C=O) groups is 1. The Labute approximate surface area is 171 Å². The van der Waals surface area contributed by atoms with E-state index in [0.29, 0.717) is 37.7 Å². The summed E-state index contributed by atoms with van der Waals surface area (Å²) in [6.45, 7) is 3.58. The number of amides is 1. The van der Waals surface area contributed by atoms with E-state index >= 15 is 0 Å². The van der Waals surface area contributed by atoms with E-state index in [1.54, 1.807) is 23.1 Å². The fourth-order valence-corrected chi connectivity index (χ4v) is 3.04. The average Bonchev–Trinajstić information content (AvgIpc) is 2.74. The van der Waals surface area contributed by atoms with Crippen molar-refractivity contribution in [1.82, 2.24) is 14.9 Å². The molecule has 11 heteroatoms. The maximum Gasteiger partial charge on any atom is 0.421 e. The van der Waals surface area contributed by atoms with Crippen molar-refractivity contribution in [3.63, 3.8) is 0 Å². The zero-order valence-corrected chi connectivity index (χ0v) is 16.5. The molecule has 1 aromatic heterocycles. The highest BCUT2D eigenvalue weighted by atomic mass is 19.4. The number of anilines is 3. The lowest BCUT2D eigenvalue weighted by atomic mass is 10.1. The van der Waals surface area contributed by atoms with E-state index in [0.717, 1.165) is 18.2 Å². The molecule has 0 aliphatic carbocycles. The highest BCUT2D eigenvalue weighted by Crippen LogP contribution is 2.35. The second-order valence-electron chi connectivity index (χ2n) is 6.48. The summed E-state index contributed by atoms with van der Waals surface area (Å²) in [5.41, 5.74) is 0.357. The lowest BCUT2D eigenvalue weighted by Gasteiger charge is -2.30. The number of carbonyl (C=O) groups excluding carboxylic acids is 1. The third kappa shape index (κ3) is 4.90. The fourth-order valence-electron chi connectivity index (χ4n) is 3.04. The summed E-state index contributed by atoms with van der Waals surface area (Å²) in [5.74, 6) is 0.123. The van der Waals surface area contributed by atoms with Gasteiger partial charge in [-0.1, -0.05) is 6.07 Å². The Morgan fingerprint density at radius 1 is 1.40 bits per heavy atom. The zero-order valence-electron chi connectivity index (χ0n) is 16.5. The third-order valence-electron chi connectivity index (χ3n) is 4.50. The molecule has 1 amide bonds. The normalized spacial score (nSPS) is 16.8. The highest BCUT2D eigenvalue weighted by Gasteiger charge is 2.35. The first kappa shape index (κ1) is 21.6. The number of nitrogens with one attached hydrogen (secondary N) is 2. The van der Waals surface area contributed by atoms with Crippen LogP contribution in [-0.4, -0.2) is 54.6 Å². The second-order valence-corrected chi connectivity index (χ2v) is 6.48. The molecule has 1 saturated heterocycles. The molecule has 2 N–H and O–H groups in total. The van der Waals surface area contributed by atoms with Gasteiger partial charge in [0, 0.05) is 19.8 Å². The van der Waals surface area contributed by atoms with Crippen molar-refractivity contribution in [2.24, 2.45) is 0 Å². The summed E-state index contributed by atoms with van der Waals surface area (Å²) in [7, 11) is 1.36. The maximum atomic E-state index is 13.0. The molecule has 8 nitrogen and oxygen atoms in total. The first-order valence-electron chi connectivity index (χ1n) is 9.32. The van der Waals surface area contributed by atoms with Gasteiger partial charge in [0.05, 0.1) is 25.4 Å². The molecular weight excluding hydrogens is 403 g/mol. The number of benzene rings is 1. The Kier molecular flexibility index (Phi) is 6.60. The lowest BCUT2D eigenvalue weighted by molar-refractivity contribution is -0.137. The van der Waals surface area contributed by atoms with Gasteiger partial charge in [0.25, 0.3) is 0 Å². The van der Waals surface area contributed by atoms with Gasteiger partial charge in [0.1, 0.15) is 23.2 Å². The van der Waals surface area contributed by atoms with E-state index in [1.807, 2.05) is 6.92 Å². The van der Waals surface area contributed by atoms with Crippen LogP contribution in [0.15, 0.2) is 24.4 Å². The molecule has 1 aromatic carbocycles. The third-order valence-corrected chi connectivity index (χ3v) is 4.50. The largest absolute Gasteiger partial charge is 0.492 e. The molecule has 0 spiro atoms. The van der Waals surface area contributed by atoms with E-state index in [2.05, 4.69) is 20.6 Å². The summed E-state index contributed by atoms with van der Waals surface area (Å²) in [6, 6.07) is 5.28. The Balaban J connectivity index is 1.86. The fraction of sp³-hybridized carbons (Fsp3) is 0.421. The van der Waals surface area contributed by atoms with E-state index < -0.39 is 11.7 Å². The molecule has 2 heterocycles. The van der Waals surface area contributed by atoms with Crippen molar-refractivity contribution in [1.29, 1.82) is 0 Å². The average molecular weight is 425 g/mol. The summed E-state index contributed by atoms with van der Waals surface area (Å²) in [5, 5.41) is 5.34. The Hall–Kier alpha value is -3.08. The highest BCUT2D eigenvalue weighted by molar-refractivity contribution is 5.64. The summed E-state index contributed by atoms with van der Waals surface area (Å²) in [6.07, 6.45) is -3.35. The number of ether oxygens (including phenoxy) is 2. The molecule has 1 aliphatic rings. The zero-order chi connectivity index (χ0) is 21.7.